The Hall–Kier alpha value is -3.85. The second kappa shape index (κ2) is 14.0. The topological polar surface area (TPSA) is 96.0 Å². The Kier molecular flexibility index (Phi) is 10.7. The molecule has 9 heteroatoms. The van der Waals surface area contributed by atoms with Gasteiger partial charge in [-0.25, -0.2) is 8.42 Å². The molecular formula is C31H39N3O5S. The first-order valence-corrected chi connectivity index (χ1v) is 15.2. The zero-order chi connectivity index (χ0) is 29.3. The molecule has 2 atom stereocenters. The van der Waals surface area contributed by atoms with E-state index in [1.54, 1.807) is 31.2 Å². The highest BCUT2D eigenvalue weighted by Crippen LogP contribution is 2.23. The van der Waals surface area contributed by atoms with Crippen LogP contribution < -0.4 is 14.4 Å². The third-order valence-electron chi connectivity index (χ3n) is 6.82. The lowest BCUT2D eigenvalue weighted by atomic mass is 10.1. The highest BCUT2D eigenvalue weighted by molar-refractivity contribution is 7.92. The first-order valence-electron chi connectivity index (χ1n) is 13.4. The number of carbonyl (C=O) groups excluding carboxylic acids is 2. The van der Waals surface area contributed by atoms with E-state index in [1.807, 2.05) is 75.4 Å². The quantitative estimate of drug-likeness (QED) is 0.325. The maximum Gasteiger partial charge on any atom is 0.244 e. The average molecular weight is 566 g/mol. The molecule has 3 rings (SSSR count). The number of ether oxygens (including phenoxy) is 1. The van der Waals surface area contributed by atoms with Crippen LogP contribution in [0.5, 0.6) is 5.75 Å². The van der Waals surface area contributed by atoms with Gasteiger partial charge in [-0.05, 0) is 68.1 Å². The van der Waals surface area contributed by atoms with Crippen LogP contribution in [0, 0.1) is 6.92 Å². The molecule has 3 aromatic rings. The molecule has 0 saturated carbocycles. The zero-order valence-corrected chi connectivity index (χ0v) is 24.6. The number of carbonyl (C=O) groups is 2. The Morgan fingerprint density at radius 3 is 2.15 bits per heavy atom. The average Bonchev–Trinajstić information content (AvgIpc) is 2.94. The van der Waals surface area contributed by atoms with Crippen LogP contribution in [0.3, 0.4) is 0 Å². The SMILES string of the molecule is CC[C@@H](C)NC(=O)[C@@H](C)N(Cc1ccccc1C)C(=O)CN(c1ccc(OCc2ccccc2)cc1)S(C)(=O)=O. The van der Waals surface area contributed by atoms with Crippen molar-refractivity contribution in [3.8, 4) is 5.75 Å². The van der Waals surface area contributed by atoms with Gasteiger partial charge in [0, 0.05) is 12.6 Å². The molecule has 0 aliphatic carbocycles. The third kappa shape index (κ3) is 8.58. The Labute approximate surface area is 238 Å². The third-order valence-corrected chi connectivity index (χ3v) is 7.96. The molecule has 2 amide bonds. The molecule has 0 aliphatic heterocycles. The molecule has 1 N–H and O–H groups in total. The molecule has 0 fully saturated rings. The Morgan fingerprint density at radius 1 is 0.925 bits per heavy atom. The smallest absolute Gasteiger partial charge is 0.244 e. The molecule has 0 aromatic heterocycles. The Morgan fingerprint density at radius 2 is 1.55 bits per heavy atom. The van der Waals surface area contributed by atoms with Crippen molar-refractivity contribution >= 4 is 27.5 Å². The molecular weight excluding hydrogens is 526 g/mol. The fourth-order valence-corrected chi connectivity index (χ4v) is 4.93. The summed E-state index contributed by atoms with van der Waals surface area (Å²) in [5.74, 6) is -0.198. The molecule has 8 nitrogen and oxygen atoms in total. The molecule has 40 heavy (non-hydrogen) atoms. The molecule has 0 spiro atoms. The van der Waals surface area contributed by atoms with Gasteiger partial charge < -0.3 is 15.0 Å². The van der Waals surface area contributed by atoms with E-state index in [0.29, 0.717) is 18.0 Å². The minimum Gasteiger partial charge on any atom is -0.489 e. The summed E-state index contributed by atoms with van der Waals surface area (Å²) in [5.41, 5.74) is 3.19. The fraction of sp³-hybridized carbons (Fsp3) is 0.355. The van der Waals surface area contributed by atoms with E-state index in [-0.39, 0.29) is 18.5 Å². The van der Waals surface area contributed by atoms with Gasteiger partial charge in [-0.15, -0.1) is 0 Å². The van der Waals surface area contributed by atoms with Crippen LogP contribution in [0.4, 0.5) is 5.69 Å². The van der Waals surface area contributed by atoms with Crippen LogP contribution >= 0.6 is 0 Å². The monoisotopic (exact) mass is 565 g/mol. The summed E-state index contributed by atoms with van der Waals surface area (Å²) in [6.07, 6.45) is 1.81. The summed E-state index contributed by atoms with van der Waals surface area (Å²) in [6, 6.07) is 23.0. The summed E-state index contributed by atoms with van der Waals surface area (Å²) in [5, 5.41) is 2.93. The predicted octanol–water partition coefficient (Wildman–Crippen LogP) is 4.67. The molecule has 0 unspecified atom stereocenters. The van der Waals surface area contributed by atoms with Gasteiger partial charge >= 0.3 is 0 Å². The first kappa shape index (κ1) is 30.7. The van der Waals surface area contributed by atoms with E-state index in [1.165, 1.54) is 4.90 Å². The minimum atomic E-state index is -3.82. The number of hydrogen-bond acceptors (Lipinski definition) is 5. The summed E-state index contributed by atoms with van der Waals surface area (Å²) < 4.78 is 32.5. The molecule has 214 valence electrons. The highest BCUT2D eigenvalue weighted by Gasteiger charge is 2.30. The van der Waals surface area contributed by atoms with E-state index in [4.69, 9.17) is 4.74 Å². The molecule has 0 aliphatic rings. The summed E-state index contributed by atoms with van der Waals surface area (Å²) in [6.45, 7) is 7.56. The number of nitrogens with zero attached hydrogens (tertiary/aromatic N) is 2. The van der Waals surface area contributed by atoms with Gasteiger partial charge in [0.25, 0.3) is 0 Å². The van der Waals surface area contributed by atoms with E-state index in [2.05, 4.69) is 5.32 Å². The van der Waals surface area contributed by atoms with Crippen molar-refractivity contribution in [1.82, 2.24) is 10.2 Å². The van der Waals surface area contributed by atoms with Crippen molar-refractivity contribution in [2.24, 2.45) is 0 Å². The maximum atomic E-state index is 13.7. The lowest BCUT2D eigenvalue weighted by Crippen LogP contribution is -2.52. The van der Waals surface area contributed by atoms with E-state index in [0.717, 1.165) is 33.7 Å². The normalized spacial score (nSPS) is 12.7. The van der Waals surface area contributed by atoms with Crippen LogP contribution in [-0.4, -0.2) is 50.0 Å². The number of anilines is 1. The largest absolute Gasteiger partial charge is 0.489 e. The Balaban J connectivity index is 1.83. The van der Waals surface area contributed by atoms with Crippen molar-refractivity contribution in [2.75, 3.05) is 17.1 Å². The van der Waals surface area contributed by atoms with Crippen molar-refractivity contribution in [3.05, 3.63) is 95.6 Å². The summed E-state index contributed by atoms with van der Waals surface area (Å²) >= 11 is 0. The van der Waals surface area contributed by atoms with Crippen LogP contribution in [0.2, 0.25) is 0 Å². The first-order chi connectivity index (χ1) is 19.0. The molecule has 0 heterocycles. The molecule has 0 radical (unpaired) electrons. The van der Waals surface area contributed by atoms with Gasteiger partial charge in [-0.3, -0.25) is 13.9 Å². The van der Waals surface area contributed by atoms with Crippen LogP contribution in [0.25, 0.3) is 0 Å². The Bertz CT molecular complexity index is 1380. The number of amides is 2. The van der Waals surface area contributed by atoms with Crippen LogP contribution in [-0.2, 0) is 32.8 Å². The number of sulfonamides is 1. The molecule has 3 aromatic carbocycles. The predicted molar refractivity (Wildman–Crippen MR) is 158 cm³/mol. The zero-order valence-electron chi connectivity index (χ0n) is 23.8. The van der Waals surface area contributed by atoms with Gasteiger partial charge in [0.05, 0.1) is 11.9 Å². The number of nitrogens with one attached hydrogen (secondary N) is 1. The van der Waals surface area contributed by atoms with Crippen molar-refractivity contribution < 1.29 is 22.7 Å². The van der Waals surface area contributed by atoms with E-state index >= 15 is 0 Å². The number of rotatable bonds is 13. The minimum absolute atomic E-state index is 0.0551. The number of benzene rings is 3. The number of aryl methyl sites for hydroxylation is 1. The van der Waals surface area contributed by atoms with Crippen LogP contribution in [0.15, 0.2) is 78.9 Å². The highest BCUT2D eigenvalue weighted by atomic mass is 32.2. The lowest BCUT2D eigenvalue weighted by Gasteiger charge is -2.32. The van der Waals surface area contributed by atoms with Crippen molar-refractivity contribution in [2.45, 2.75) is 59.4 Å². The molecule has 0 saturated heterocycles. The van der Waals surface area contributed by atoms with Crippen molar-refractivity contribution in [1.29, 1.82) is 0 Å². The maximum absolute atomic E-state index is 13.7. The van der Waals surface area contributed by atoms with Gasteiger partial charge in [0.15, 0.2) is 0 Å². The second-order valence-corrected chi connectivity index (χ2v) is 11.9. The molecule has 0 bridgehead atoms. The van der Waals surface area contributed by atoms with Gasteiger partial charge in [-0.2, -0.15) is 0 Å². The van der Waals surface area contributed by atoms with Crippen molar-refractivity contribution in [3.63, 3.8) is 0 Å². The van der Waals surface area contributed by atoms with Gasteiger partial charge in [0.1, 0.15) is 24.9 Å². The van der Waals surface area contributed by atoms with E-state index < -0.39 is 28.5 Å². The summed E-state index contributed by atoms with van der Waals surface area (Å²) in [4.78, 5) is 28.2. The summed E-state index contributed by atoms with van der Waals surface area (Å²) in [7, 11) is -3.82. The van der Waals surface area contributed by atoms with Crippen LogP contribution in [0.1, 0.15) is 43.9 Å². The second-order valence-electron chi connectivity index (χ2n) is 9.98. The standard InChI is InChI=1S/C31H39N3O5S/c1-6-24(3)32-31(36)25(4)33(20-27-15-11-10-12-23(27)2)30(35)21-34(40(5,37)38)28-16-18-29(19-17-28)39-22-26-13-8-7-9-14-26/h7-19,24-25H,6,20-22H2,1-5H3,(H,32,36)/t24-,25-/m1/s1. The van der Waals surface area contributed by atoms with E-state index in [9.17, 15) is 18.0 Å². The van der Waals surface area contributed by atoms with Gasteiger partial charge in [0.2, 0.25) is 21.8 Å². The fourth-order valence-electron chi connectivity index (χ4n) is 4.08. The number of hydrogen-bond donors (Lipinski definition) is 1. The lowest BCUT2D eigenvalue weighted by molar-refractivity contribution is -0.139. The van der Waals surface area contributed by atoms with Gasteiger partial charge in [-0.1, -0.05) is 61.5 Å².